The number of aliphatic carboxylic acids is 1. The lowest BCUT2D eigenvalue weighted by molar-refractivity contribution is -0.143. The van der Waals surface area contributed by atoms with Gasteiger partial charge in [-0.1, -0.05) is 26.0 Å². The van der Waals surface area contributed by atoms with Crippen molar-refractivity contribution in [2.24, 2.45) is 11.7 Å². The van der Waals surface area contributed by atoms with E-state index >= 15 is 0 Å². The molecule has 1 aromatic rings. The van der Waals surface area contributed by atoms with Crippen LogP contribution in [0.4, 0.5) is 0 Å². The summed E-state index contributed by atoms with van der Waals surface area (Å²) >= 11 is 0. The van der Waals surface area contributed by atoms with Gasteiger partial charge in [-0.05, 0) is 37.0 Å². The fraction of sp³-hybridized carbons (Fsp3) is 0.524. The molecule has 1 rings (SSSR count). The molecule has 3 amide bonds. The fourth-order valence-corrected chi connectivity index (χ4v) is 2.94. The minimum atomic E-state index is -1.45. The summed E-state index contributed by atoms with van der Waals surface area (Å²) in [5, 5.41) is 35.9. The van der Waals surface area contributed by atoms with Crippen molar-refractivity contribution in [3.63, 3.8) is 0 Å². The summed E-state index contributed by atoms with van der Waals surface area (Å²) in [5.41, 5.74) is 5.93. The van der Waals surface area contributed by atoms with Crippen molar-refractivity contribution >= 4 is 23.7 Å². The van der Waals surface area contributed by atoms with Crippen LogP contribution < -0.4 is 21.7 Å². The Morgan fingerprint density at radius 2 is 1.53 bits per heavy atom. The van der Waals surface area contributed by atoms with Gasteiger partial charge < -0.3 is 37.0 Å². The second kappa shape index (κ2) is 12.6. The third-order valence-corrected chi connectivity index (χ3v) is 4.60. The van der Waals surface area contributed by atoms with Gasteiger partial charge in [0.2, 0.25) is 17.7 Å². The minimum Gasteiger partial charge on any atom is -0.508 e. The Morgan fingerprint density at radius 1 is 0.938 bits per heavy atom. The largest absolute Gasteiger partial charge is 0.508 e. The molecule has 8 N–H and O–H groups in total. The molecule has 0 aliphatic heterocycles. The molecule has 4 unspecified atom stereocenters. The Bertz CT molecular complexity index is 796. The van der Waals surface area contributed by atoms with Gasteiger partial charge in [-0.15, -0.1) is 0 Å². The summed E-state index contributed by atoms with van der Waals surface area (Å²) in [6.07, 6.45) is -1.15. The van der Waals surface area contributed by atoms with E-state index in [2.05, 4.69) is 16.0 Å². The van der Waals surface area contributed by atoms with E-state index in [1.54, 1.807) is 26.0 Å². The van der Waals surface area contributed by atoms with Gasteiger partial charge in [0, 0.05) is 6.42 Å². The van der Waals surface area contributed by atoms with Gasteiger partial charge >= 0.3 is 5.97 Å². The molecular formula is C21H32N4O7. The molecule has 0 spiro atoms. The zero-order chi connectivity index (χ0) is 24.4. The Morgan fingerprint density at radius 3 is 2.00 bits per heavy atom. The van der Waals surface area contributed by atoms with Gasteiger partial charge in [0.05, 0.1) is 12.6 Å². The van der Waals surface area contributed by atoms with Crippen LogP contribution in [0.15, 0.2) is 24.3 Å². The van der Waals surface area contributed by atoms with Gasteiger partial charge in [-0.25, -0.2) is 4.79 Å². The molecule has 0 aliphatic carbocycles. The van der Waals surface area contributed by atoms with Crippen LogP contribution in [0.2, 0.25) is 0 Å². The Labute approximate surface area is 186 Å². The quantitative estimate of drug-likeness (QED) is 0.207. The zero-order valence-electron chi connectivity index (χ0n) is 18.4. The standard InChI is InChI=1S/C21H32N4O7/c1-11(2)8-16(21(31)32)24-20(30)18(12(3)26)25-19(29)15(23-17(28)10-22)9-13-4-6-14(27)7-5-13/h4-7,11-12,15-16,18,26-27H,8-10,22H2,1-3H3,(H,23,28)(H,24,30)(H,25,29)(H,31,32). The summed E-state index contributed by atoms with van der Waals surface area (Å²) in [4.78, 5) is 48.7. The Hall–Kier alpha value is -3.18. The van der Waals surface area contributed by atoms with Crippen molar-refractivity contribution in [2.45, 2.75) is 57.8 Å². The van der Waals surface area contributed by atoms with E-state index in [0.717, 1.165) is 0 Å². The summed E-state index contributed by atoms with van der Waals surface area (Å²) in [6.45, 7) is 4.50. The Kier molecular flexibility index (Phi) is 10.6. The number of aromatic hydroxyl groups is 1. The predicted molar refractivity (Wildman–Crippen MR) is 115 cm³/mol. The molecule has 0 bridgehead atoms. The van der Waals surface area contributed by atoms with Crippen molar-refractivity contribution in [2.75, 3.05) is 6.54 Å². The van der Waals surface area contributed by atoms with E-state index in [0.29, 0.717) is 5.56 Å². The number of nitrogens with one attached hydrogen (secondary N) is 3. The lowest BCUT2D eigenvalue weighted by Gasteiger charge is -2.26. The van der Waals surface area contributed by atoms with Crippen LogP contribution in [-0.4, -0.2) is 69.8 Å². The molecule has 0 saturated heterocycles. The zero-order valence-corrected chi connectivity index (χ0v) is 18.4. The molecule has 0 fully saturated rings. The molecule has 0 heterocycles. The second-order valence-corrected chi connectivity index (χ2v) is 7.95. The maximum Gasteiger partial charge on any atom is 0.326 e. The number of nitrogens with two attached hydrogens (primary N) is 1. The first-order valence-corrected chi connectivity index (χ1v) is 10.2. The van der Waals surface area contributed by atoms with Crippen LogP contribution in [0.5, 0.6) is 5.75 Å². The molecule has 11 nitrogen and oxygen atoms in total. The number of hydrogen-bond acceptors (Lipinski definition) is 7. The Balaban J connectivity index is 3.00. The van der Waals surface area contributed by atoms with Gasteiger partial charge in [0.1, 0.15) is 23.9 Å². The van der Waals surface area contributed by atoms with Crippen LogP contribution in [0, 0.1) is 5.92 Å². The maximum atomic E-state index is 12.9. The van der Waals surface area contributed by atoms with Gasteiger partial charge in [-0.2, -0.15) is 0 Å². The monoisotopic (exact) mass is 452 g/mol. The predicted octanol–water partition coefficient (Wildman–Crippen LogP) is -1.14. The average molecular weight is 453 g/mol. The number of aliphatic hydroxyl groups is 1. The van der Waals surface area contributed by atoms with Gasteiger partial charge in [0.25, 0.3) is 0 Å². The number of carbonyl (C=O) groups is 4. The van der Waals surface area contributed by atoms with E-state index in [1.165, 1.54) is 19.1 Å². The van der Waals surface area contributed by atoms with E-state index in [9.17, 15) is 34.5 Å². The lowest BCUT2D eigenvalue weighted by atomic mass is 10.0. The van der Waals surface area contributed by atoms with Gasteiger partial charge in [0.15, 0.2) is 0 Å². The number of amides is 3. The topological polar surface area (TPSA) is 191 Å². The van der Waals surface area contributed by atoms with Crippen molar-refractivity contribution in [3.8, 4) is 5.75 Å². The van der Waals surface area contributed by atoms with Crippen LogP contribution in [0.25, 0.3) is 0 Å². The van der Waals surface area contributed by atoms with E-state index < -0.39 is 47.9 Å². The number of rotatable bonds is 12. The van der Waals surface area contributed by atoms with Crippen molar-refractivity contribution < 1.29 is 34.5 Å². The summed E-state index contributed by atoms with van der Waals surface area (Å²) in [6, 6.07) is 2.19. The number of phenols is 1. The molecule has 0 aromatic heterocycles. The number of benzene rings is 1. The van der Waals surface area contributed by atoms with Crippen molar-refractivity contribution in [1.82, 2.24) is 16.0 Å². The number of phenolic OH excluding ortho intramolecular Hbond substituents is 1. The smallest absolute Gasteiger partial charge is 0.326 e. The average Bonchev–Trinajstić information content (AvgIpc) is 2.71. The summed E-state index contributed by atoms with van der Waals surface area (Å²) in [7, 11) is 0. The normalized spacial score (nSPS) is 14.7. The third kappa shape index (κ3) is 8.90. The van der Waals surface area contributed by atoms with E-state index in [1.807, 2.05) is 0 Å². The van der Waals surface area contributed by atoms with E-state index in [-0.39, 0.29) is 31.1 Å². The maximum absolute atomic E-state index is 12.9. The van der Waals surface area contributed by atoms with Crippen LogP contribution >= 0.6 is 0 Å². The van der Waals surface area contributed by atoms with Crippen LogP contribution in [0.1, 0.15) is 32.8 Å². The number of carboxylic acids is 1. The van der Waals surface area contributed by atoms with Crippen molar-refractivity contribution in [1.29, 1.82) is 0 Å². The molecule has 11 heteroatoms. The number of carboxylic acid groups (broad SMARTS) is 1. The first-order valence-electron chi connectivity index (χ1n) is 10.2. The molecule has 0 radical (unpaired) electrons. The highest BCUT2D eigenvalue weighted by atomic mass is 16.4. The molecule has 0 saturated carbocycles. The number of aliphatic hydroxyl groups excluding tert-OH is 1. The number of hydrogen-bond donors (Lipinski definition) is 7. The molecular weight excluding hydrogens is 420 g/mol. The van der Waals surface area contributed by atoms with Gasteiger partial charge in [-0.3, -0.25) is 14.4 Å². The molecule has 1 aromatic carbocycles. The molecule has 32 heavy (non-hydrogen) atoms. The molecule has 0 aliphatic rings. The second-order valence-electron chi connectivity index (χ2n) is 7.95. The first kappa shape index (κ1) is 26.9. The third-order valence-electron chi connectivity index (χ3n) is 4.60. The minimum absolute atomic E-state index is 0.0165. The SMILES string of the molecule is CC(C)CC(NC(=O)C(NC(=O)C(Cc1ccc(O)cc1)NC(=O)CN)C(C)O)C(=O)O. The van der Waals surface area contributed by atoms with E-state index in [4.69, 9.17) is 5.73 Å². The number of carbonyl (C=O) groups excluding carboxylic acids is 3. The highest BCUT2D eigenvalue weighted by Gasteiger charge is 2.32. The van der Waals surface area contributed by atoms with Crippen LogP contribution in [0.3, 0.4) is 0 Å². The van der Waals surface area contributed by atoms with Crippen LogP contribution in [-0.2, 0) is 25.6 Å². The van der Waals surface area contributed by atoms with Crippen molar-refractivity contribution in [3.05, 3.63) is 29.8 Å². The highest BCUT2D eigenvalue weighted by Crippen LogP contribution is 2.12. The molecule has 178 valence electrons. The summed E-state index contributed by atoms with van der Waals surface area (Å²) < 4.78 is 0. The molecule has 4 atom stereocenters. The fourth-order valence-electron chi connectivity index (χ4n) is 2.94. The summed E-state index contributed by atoms with van der Waals surface area (Å²) in [5.74, 6) is -3.46. The lowest BCUT2D eigenvalue weighted by Crippen LogP contribution is -2.59. The first-order chi connectivity index (χ1) is 14.9. The highest BCUT2D eigenvalue weighted by molar-refractivity contribution is 5.94.